The Bertz CT molecular complexity index is 559. The zero-order valence-electron chi connectivity index (χ0n) is 10.3. The summed E-state index contributed by atoms with van der Waals surface area (Å²) in [5.74, 6) is 0. The zero-order valence-corrected chi connectivity index (χ0v) is 12.5. The fourth-order valence-corrected chi connectivity index (χ4v) is 2.52. The molecule has 0 saturated carbocycles. The Morgan fingerprint density at radius 3 is 2.05 bits per heavy atom. The minimum Gasteiger partial charge on any atom is -0.399 e. The lowest BCUT2D eigenvalue weighted by Gasteiger charge is -2.18. The van der Waals surface area contributed by atoms with E-state index in [0.717, 1.165) is 5.56 Å². The van der Waals surface area contributed by atoms with Crippen LogP contribution in [0.2, 0.25) is 15.1 Å². The number of hydrogen-bond donors (Lipinski definition) is 2. The standard InChI is InChI=1S/C14H13Cl3N2/c1-8(9-2-4-10(15)5-3-9)19-14-12(16)6-11(18)7-13(14)17/h2-8,19H,18H2,1H3. The van der Waals surface area contributed by atoms with E-state index in [9.17, 15) is 0 Å². The first kappa shape index (κ1) is 14.3. The van der Waals surface area contributed by atoms with E-state index in [1.54, 1.807) is 12.1 Å². The highest BCUT2D eigenvalue weighted by Gasteiger charge is 2.11. The van der Waals surface area contributed by atoms with E-state index in [0.29, 0.717) is 26.4 Å². The average molecular weight is 316 g/mol. The van der Waals surface area contributed by atoms with Crippen LogP contribution in [0.4, 0.5) is 11.4 Å². The zero-order chi connectivity index (χ0) is 14.0. The van der Waals surface area contributed by atoms with Crippen molar-refractivity contribution in [2.45, 2.75) is 13.0 Å². The fourth-order valence-electron chi connectivity index (χ4n) is 1.78. The molecule has 1 atom stereocenters. The molecule has 0 aliphatic carbocycles. The number of nitrogen functional groups attached to an aromatic ring is 1. The first-order valence-electron chi connectivity index (χ1n) is 5.74. The van der Waals surface area contributed by atoms with Crippen molar-refractivity contribution in [1.29, 1.82) is 0 Å². The van der Waals surface area contributed by atoms with Gasteiger partial charge >= 0.3 is 0 Å². The molecule has 2 aromatic carbocycles. The number of rotatable bonds is 3. The highest BCUT2D eigenvalue weighted by atomic mass is 35.5. The molecule has 0 heterocycles. The quantitative estimate of drug-likeness (QED) is 0.744. The topological polar surface area (TPSA) is 38.0 Å². The van der Waals surface area contributed by atoms with E-state index in [1.165, 1.54) is 0 Å². The lowest BCUT2D eigenvalue weighted by Crippen LogP contribution is -2.07. The van der Waals surface area contributed by atoms with Gasteiger partial charge in [-0.1, -0.05) is 46.9 Å². The summed E-state index contributed by atoms with van der Waals surface area (Å²) >= 11 is 18.2. The van der Waals surface area contributed by atoms with Crippen molar-refractivity contribution < 1.29 is 0 Å². The van der Waals surface area contributed by atoms with Crippen LogP contribution in [0.3, 0.4) is 0 Å². The monoisotopic (exact) mass is 314 g/mol. The fraction of sp³-hybridized carbons (Fsp3) is 0.143. The van der Waals surface area contributed by atoms with Crippen molar-refractivity contribution in [3.05, 3.63) is 57.0 Å². The average Bonchev–Trinajstić information content (AvgIpc) is 2.34. The predicted octanol–water partition coefficient (Wildman–Crippen LogP) is 5.40. The molecule has 2 rings (SSSR count). The molecule has 0 fully saturated rings. The number of anilines is 2. The molecule has 1 unspecified atom stereocenters. The summed E-state index contributed by atoms with van der Waals surface area (Å²) in [7, 11) is 0. The molecule has 0 spiro atoms. The van der Waals surface area contributed by atoms with Gasteiger partial charge in [0.25, 0.3) is 0 Å². The molecule has 19 heavy (non-hydrogen) atoms. The van der Waals surface area contributed by atoms with Gasteiger partial charge in [0.05, 0.1) is 15.7 Å². The number of nitrogens with one attached hydrogen (secondary N) is 1. The molecular formula is C14H13Cl3N2. The second-order valence-corrected chi connectivity index (χ2v) is 5.53. The predicted molar refractivity (Wildman–Crippen MR) is 84.4 cm³/mol. The van der Waals surface area contributed by atoms with Crippen LogP contribution in [0.15, 0.2) is 36.4 Å². The van der Waals surface area contributed by atoms with Crippen LogP contribution < -0.4 is 11.1 Å². The number of nitrogens with two attached hydrogens (primary N) is 1. The third-order valence-electron chi connectivity index (χ3n) is 2.80. The van der Waals surface area contributed by atoms with Gasteiger partial charge in [-0.15, -0.1) is 0 Å². The van der Waals surface area contributed by atoms with E-state index < -0.39 is 0 Å². The van der Waals surface area contributed by atoms with Gasteiger partial charge in [0.2, 0.25) is 0 Å². The maximum atomic E-state index is 6.14. The van der Waals surface area contributed by atoms with Crippen LogP contribution in [0.25, 0.3) is 0 Å². The second kappa shape index (κ2) is 5.91. The van der Waals surface area contributed by atoms with Gasteiger partial charge in [0, 0.05) is 16.8 Å². The summed E-state index contributed by atoms with van der Waals surface area (Å²) in [6.45, 7) is 2.02. The Kier molecular flexibility index (Phi) is 4.46. The van der Waals surface area contributed by atoms with Crippen molar-refractivity contribution in [2.75, 3.05) is 11.1 Å². The third-order valence-corrected chi connectivity index (χ3v) is 3.64. The normalized spacial score (nSPS) is 12.2. The van der Waals surface area contributed by atoms with Crippen LogP contribution in [0.5, 0.6) is 0 Å². The molecule has 0 aliphatic rings. The molecule has 0 saturated heterocycles. The molecule has 0 aromatic heterocycles. The highest BCUT2D eigenvalue weighted by molar-refractivity contribution is 6.39. The SMILES string of the molecule is CC(Nc1c(Cl)cc(N)cc1Cl)c1ccc(Cl)cc1. The van der Waals surface area contributed by atoms with E-state index in [4.69, 9.17) is 40.5 Å². The van der Waals surface area contributed by atoms with Crippen LogP contribution in [-0.2, 0) is 0 Å². The van der Waals surface area contributed by atoms with Crippen molar-refractivity contribution in [3.8, 4) is 0 Å². The van der Waals surface area contributed by atoms with E-state index >= 15 is 0 Å². The Morgan fingerprint density at radius 1 is 1.00 bits per heavy atom. The molecule has 100 valence electrons. The van der Waals surface area contributed by atoms with E-state index in [2.05, 4.69) is 5.32 Å². The highest BCUT2D eigenvalue weighted by Crippen LogP contribution is 2.35. The van der Waals surface area contributed by atoms with Crippen molar-refractivity contribution in [3.63, 3.8) is 0 Å². The van der Waals surface area contributed by atoms with E-state index in [1.807, 2.05) is 31.2 Å². The van der Waals surface area contributed by atoms with Crippen LogP contribution in [-0.4, -0.2) is 0 Å². The summed E-state index contributed by atoms with van der Waals surface area (Å²) in [6, 6.07) is 11.0. The maximum Gasteiger partial charge on any atom is 0.0725 e. The Balaban J connectivity index is 2.24. The molecule has 3 N–H and O–H groups in total. The molecule has 0 bridgehead atoms. The second-order valence-electron chi connectivity index (χ2n) is 4.28. The van der Waals surface area contributed by atoms with Crippen molar-refractivity contribution in [2.24, 2.45) is 0 Å². The molecule has 2 nitrogen and oxygen atoms in total. The maximum absolute atomic E-state index is 6.14. The first-order chi connectivity index (χ1) is 8.97. The molecule has 0 amide bonds. The minimum atomic E-state index is 0.0518. The van der Waals surface area contributed by atoms with Crippen LogP contribution >= 0.6 is 34.8 Å². The van der Waals surface area contributed by atoms with Gasteiger partial charge < -0.3 is 11.1 Å². The summed E-state index contributed by atoms with van der Waals surface area (Å²) in [6.07, 6.45) is 0. The number of halogens is 3. The van der Waals surface area contributed by atoms with Crippen LogP contribution in [0.1, 0.15) is 18.5 Å². The van der Waals surface area contributed by atoms with Crippen molar-refractivity contribution in [1.82, 2.24) is 0 Å². The van der Waals surface area contributed by atoms with Gasteiger partial charge in [-0.05, 0) is 36.8 Å². The summed E-state index contributed by atoms with van der Waals surface area (Å²) < 4.78 is 0. The minimum absolute atomic E-state index is 0.0518. The summed E-state index contributed by atoms with van der Waals surface area (Å²) in [5.41, 5.74) is 7.99. The molecule has 0 radical (unpaired) electrons. The summed E-state index contributed by atoms with van der Waals surface area (Å²) in [4.78, 5) is 0. The van der Waals surface area contributed by atoms with Gasteiger partial charge in [-0.3, -0.25) is 0 Å². The lowest BCUT2D eigenvalue weighted by atomic mass is 10.1. The van der Waals surface area contributed by atoms with Gasteiger partial charge in [0.15, 0.2) is 0 Å². The number of benzene rings is 2. The van der Waals surface area contributed by atoms with Gasteiger partial charge in [0.1, 0.15) is 0 Å². The molecule has 2 aromatic rings. The Labute approximate surface area is 127 Å². The van der Waals surface area contributed by atoms with Crippen LogP contribution in [0, 0.1) is 0 Å². The molecule has 0 aliphatic heterocycles. The first-order valence-corrected chi connectivity index (χ1v) is 6.87. The Hall–Kier alpha value is -1.09. The van der Waals surface area contributed by atoms with Gasteiger partial charge in [-0.25, -0.2) is 0 Å². The number of hydrogen-bond acceptors (Lipinski definition) is 2. The molecular weight excluding hydrogens is 303 g/mol. The van der Waals surface area contributed by atoms with Gasteiger partial charge in [-0.2, -0.15) is 0 Å². The Morgan fingerprint density at radius 2 is 1.53 bits per heavy atom. The largest absolute Gasteiger partial charge is 0.399 e. The van der Waals surface area contributed by atoms with Crippen molar-refractivity contribution >= 4 is 46.2 Å². The summed E-state index contributed by atoms with van der Waals surface area (Å²) in [5, 5.41) is 5.00. The lowest BCUT2D eigenvalue weighted by molar-refractivity contribution is 0.885. The third kappa shape index (κ3) is 3.47. The smallest absolute Gasteiger partial charge is 0.0725 e. The van der Waals surface area contributed by atoms with E-state index in [-0.39, 0.29) is 6.04 Å². The molecule has 5 heteroatoms.